The van der Waals surface area contributed by atoms with Crippen LogP contribution in [0.5, 0.6) is 0 Å². The van der Waals surface area contributed by atoms with E-state index < -0.39 is 11.6 Å². The molecule has 17 heavy (non-hydrogen) atoms. The number of anilines is 2. The summed E-state index contributed by atoms with van der Waals surface area (Å²) in [6.07, 6.45) is 2.30. The molecule has 0 unspecified atom stereocenters. The zero-order valence-corrected chi connectivity index (χ0v) is 9.34. The second kappa shape index (κ2) is 6.97. The third-order valence-electron chi connectivity index (χ3n) is 2.19. The molecule has 0 saturated heterocycles. The van der Waals surface area contributed by atoms with E-state index in [1.807, 2.05) is 5.43 Å². The van der Waals surface area contributed by atoms with Gasteiger partial charge in [-0.1, -0.05) is 0 Å². The number of hydrazine groups is 1. The molecule has 0 amide bonds. The fourth-order valence-corrected chi connectivity index (χ4v) is 1.31. The fraction of sp³-hybridized carbons (Fsp3) is 0.500. The van der Waals surface area contributed by atoms with Crippen molar-refractivity contribution >= 4 is 11.6 Å². The Kier molecular flexibility index (Phi) is 5.58. The number of hydrogen-bond acceptors (Lipinski definition) is 5. The summed E-state index contributed by atoms with van der Waals surface area (Å²) in [5.74, 6) is 3.19. The molecule has 0 aliphatic carbocycles. The standard InChI is InChI=1S/C10H16F2N4O/c11-7-6-8(12)10(16-13)15-9(7)14-4-2-1-3-5-17/h6,17H,1-5,13H2,(H2,14,15,16). The maximum absolute atomic E-state index is 13.3. The molecule has 1 aromatic rings. The molecule has 0 aliphatic heterocycles. The Balaban J connectivity index is 2.52. The summed E-state index contributed by atoms with van der Waals surface area (Å²) in [6, 6.07) is 0.720. The number of halogens is 2. The molecule has 7 heteroatoms. The van der Waals surface area contributed by atoms with Gasteiger partial charge in [-0.25, -0.2) is 19.6 Å². The van der Waals surface area contributed by atoms with Gasteiger partial charge in [-0.2, -0.15) is 0 Å². The van der Waals surface area contributed by atoms with Crippen molar-refractivity contribution in [2.45, 2.75) is 19.3 Å². The van der Waals surface area contributed by atoms with Crippen molar-refractivity contribution in [1.29, 1.82) is 0 Å². The number of pyridine rings is 1. The molecule has 1 aromatic heterocycles. The van der Waals surface area contributed by atoms with E-state index >= 15 is 0 Å². The number of aliphatic hydroxyl groups excluding tert-OH is 1. The van der Waals surface area contributed by atoms with Crippen molar-refractivity contribution in [1.82, 2.24) is 4.98 Å². The van der Waals surface area contributed by atoms with E-state index in [2.05, 4.69) is 10.3 Å². The van der Waals surface area contributed by atoms with E-state index in [0.29, 0.717) is 13.0 Å². The van der Waals surface area contributed by atoms with Gasteiger partial charge in [-0.3, -0.25) is 0 Å². The molecule has 96 valence electrons. The van der Waals surface area contributed by atoms with Gasteiger partial charge in [-0.05, 0) is 19.3 Å². The first-order chi connectivity index (χ1) is 8.19. The Hall–Kier alpha value is -1.47. The first-order valence-corrected chi connectivity index (χ1v) is 5.36. The SMILES string of the molecule is NNc1nc(NCCCCCO)c(F)cc1F. The van der Waals surface area contributed by atoms with E-state index in [4.69, 9.17) is 10.9 Å². The van der Waals surface area contributed by atoms with Gasteiger partial charge in [0.2, 0.25) is 0 Å². The fourth-order valence-electron chi connectivity index (χ4n) is 1.31. The van der Waals surface area contributed by atoms with Crippen molar-refractivity contribution in [2.24, 2.45) is 5.84 Å². The van der Waals surface area contributed by atoms with Crippen LogP contribution < -0.4 is 16.6 Å². The van der Waals surface area contributed by atoms with Crippen molar-refractivity contribution in [3.63, 3.8) is 0 Å². The normalized spacial score (nSPS) is 10.4. The summed E-state index contributed by atoms with van der Waals surface area (Å²) in [6.45, 7) is 0.643. The summed E-state index contributed by atoms with van der Waals surface area (Å²) in [7, 11) is 0. The minimum absolute atomic E-state index is 0.0386. The lowest BCUT2D eigenvalue weighted by Gasteiger charge is -2.08. The highest BCUT2D eigenvalue weighted by Crippen LogP contribution is 2.18. The van der Waals surface area contributed by atoms with E-state index in [0.717, 1.165) is 18.9 Å². The Bertz CT molecular complexity index is 362. The molecule has 0 saturated carbocycles. The van der Waals surface area contributed by atoms with Gasteiger partial charge in [0.1, 0.15) is 0 Å². The maximum Gasteiger partial charge on any atom is 0.178 e. The number of aliphatic hydroxyl groups is 1. The van der Waals surface area contributed by atoms with Crippen LogP contribution in [0.1, 0.15) is 19.3 Å². The van der Waals surface area contributed by atoms with Crippen molar-refractivity contribution in [3.05, 3.63) is 17.7 Å². The lowest BCUT2D eigenvalue weighted by atomic mass is 10.2. The second-order valence-electron chi connectivity index (χ2n) is 3.50. The molecule has 1 rings (SSSR count). The highest BCUT2D eigenvalue weighted by molar-refractivity contribution is 5.46. The molecule has 0 spiro atoms. The van der Waals surface area contributed by atoms with Crippen LogP contribution in [0, 0.1) is 11.6 Å². The van der Waals surface area contributed by atoms with Crippen molar-refractivity contribution < 1.29 is 13.9 Å². The Morgan fingerprint density at radius 2 is 1.88 bits per heavy atom. The van der Waals surface area contributed by atoms with Crippen LogP contribution in [-0.2, 0) is 0 Å². The number of aromatic nitrogens is 1. The average molecular weight is 246 g/mol. The molecule has 0 bridgehead atoms. The smallest absolute Gasteiger partial charge is 0.178 e. The number of nitrogens with one attached hydrogen (secondary N) is 2. The first-order valence-electron chi connectivity index (χ1n) is 5.36. The summed E-state index contributed by atoms with van der Waals surface area (Å²) < 4.78 is 26.3. The van der Waals surface area contributed by atoms with Gasteiger partial charge in [0.05, 0.1) is 0 Å². The van der Waals surface area contributed by atoms with Crippen LogP contribution in [0.25, 0.3) is 0 Å². The number of hydrogen-bond donors (Lipinski definition) is 4. The summed E-state index contributed by atoms with van der Waals surface area (Å²) in [5, 5.41) is 11.3. The largest absolute Gasteiger partial charge is 0.396 e. The molecule has 0 aliphatic rings. The molecule has 0 aromatic carbocycles. The summed E-state index contributed by atoms with van der Waals surface area (Å²) in [4.78, 5) is 3.66. The average Bonchev–Trinajstić information content (AvgIpc) is 2.31. The molecular weight excluding hydrogens is 230 g/mol. The first kappa shape index (κ1) is 13.6. The van der Waals surface area contributed by atoms with Gasteiger partial charge in [0, 0.05) is 19.2 Å². The summed E-state index contributed by atoms with van der Waals surface area (Å²) in [5.41, 5.74) is 2.05. The predicted molar refractivity (Wildman–Crippen MR) is 61.4 cm³/mol. The quantitative estimate of drug-likeness (QED) is 0.330. The predicted octanol–water partition coefficient (Wildman–Crippen LogP) is 1.22. The van der Waals surface area contributed by atoms with Gasteiger partial charge < -0.3 is 15.8 Å². The zero-order chi connectivity index (χ0) is 12.7. The number of nitrogens with zero attached hydrogens (tertiary/aromatic N) is 1. The lowest BCUT2D eigenvalue weighted by Crippen LogP contribution is -2.13. The van der Waals surface area contributed by atoms with Crippen LogP contribution in [0.3, 0.4) is 0 Å². The number of nitrogens with two attached hydrogens (primary N) is 1. The Morgan fingerprint density at radius 3 is 2.53 bits per heavy atom. The Labute approximate surface area is 98.0 Å². The third-order valence-corrected chi connectivity index (χ3v) is 2.19. The van der Waals surface area contributed by atoms with E-state index in [1.165, 1.54) is 0 Å². The van der Waals surface area contributed by atoms with Gasteiger partial charge in [-0.15, -0.1) is 0 Å². The highest BCUT2D eigenvalue weighted by atomic mass is 19.1. The van der Waals surface area contributed by atoms with Crippen molar-refractivity contribution in [2.75, 3.05) is 23.9 Å². The monoisotopic (exact) mass is 246 g/mol. The molecule has 5 N–H and O–H groups in total. The van der Waals surface area contributed by atoms with E-state index in [1.54, 1.807) is 0 Å². The number of nitrogen functional groups attached to an aromatic ring is 1. The van der Waals surface area contributed by atoms with Gasteiger partial charge >= 0.3 is 0 Å². The van der Waals surface area contributed by atoms with Crippen LogP contribution in [0.4, 0.5) is 20.4 Å². The van der Waals surface area contributed by atoms with Gasteiger partial charge in [0.15, 0.2) is 23.3 Å². The van der Waals surface area contributed by atoms with Crippen LogP contribution in [-0.4, -0.2) is 23.2 Å². The second-order valence-corrected chi connectivity index (χ2v) is 3.50. The molecule has 0 radical (unpaired) electrons. The number of rotatable bonds is 7. The molecule has 1 heterocycles. The minimum Gasteiger partial charge on any atom is -0.396 e. The molecule has 5 nitrogen and oxygen atoms in total. The number of unbranched alkanes of at least 4 members (excludes halogenated alkanes) is 2. The van der Waals surface area contributed by atoms with Gasteiger partial charge in [0.25, 0.3) is 0 Å². The van der Waals surface area contributed by atoms with E-state index in [9.17, 15) is 8.78 Å². The third kappa shape index (κ3) is 4.12. The minimum atomic E-state index is -0.837. The zero-order valence-electron chi connectivity index (χ0n) is 9.34. The molecular formula is C10H16F2N4O. The lowest BCUT2D eigenvalue weighted by molar-refractivity contribution is 0.283. The van der Waals surface area contributed by atoms with Crippen LogP contribution in [0.15, 0.2) is 6.07 Å². The highest BCUT2D eigenvalue weighted by Gasteiger charge is 2.10. The maximum atomic E-state index is 13.3. The molecule has 0 fully saturated rings. The molecule has 0 atom stereocenters. The Morgan fingerprint density at radius 1 is 1.18 bits per heavy atom. The summed E-state index contributed by atoms with van der Waals surface area (Å²) >= 11 is 0. The topological polar surface area (TPSA) is 83.2 Å². The van der Waals surface area contributed by atoms with Crippen LogP contribution >= 0.6 is 0 Å². The van der Waals surface area contributed by atoms with Crippen molar-refractivity contribution in [3.8, 4) is 0 Å². The van der Waals surface area contributed by atoms with E-state index in [-0.39, 0.29) is 18.2 Å². The van der Waals surface area contributed by atoms with Crippen LogP contribution in [0.2, 0.25) is 0 Å².